The zero-order valence-corrected chi connectivity index (χ0v) is 17.7. The molecule has 0 aliphatic carbocycles. The molecule has 0 bridgehead atoms. The smallest absolute Gasteiger partial charge is 0.161 e. The van der Waals surface area contributed by atoms with E-state index in [1.807, 2.05) is 12.1 Å². The van der Waals surface area contributed by atoms with Gasteiger partial charge in [-0.1, -0.05) is 13.0 Å². The molecule has 7 heteroatoms. The molecule has 1 N–H and O–H groups in total. The van der Waals surface area contributed by atoms with Gasteiger partial charge >= 0.3 is 0 Å². The van der Waals surface area contributed by atoms with Crippen LogP contribution < -0.4 is 5.32 Å². The number of thiophene rings is 1. The molecule has 0 aromatic carbocycles. The highest BCUT2D eigenvalue weighted by Crippen LogP contribution is 2.28. The molecule has 1 saturated heterocycles. The summed E-state index contributed by atoms with van der Waals surface area (Å²) in [6.45, 7) is 7.72. The third-order valence-corrected chi connectivity index (χ3v) is 6.11. The lowest BCUT2D eigenvalue weighted by atomic mass is 10.1. The molecule has 1 fully saturated rings. The van der Waals surface area contributed by atoms with Crippen molar-refractivity contribution < 1.29 is 4.74 Å². The highest BCUT2D eigenvalue weighted by molar-refractivity contribution is 7.10. The van der Waals surface area contributed by atoms with Gasteiger partial charge in [0, 0.05) is 54.2 Å². The standard InChI is InChI=1S/C22H27N5OS/c1-3-18-13-21(26-22(25-18)17-6-8-23-9-7-17)24-14-19(20-5-4-12-29-20)27-10-11-28-16(2)15-27/h4-9,12-13,16,19H,3,10-11,14-15H2,1-2H3,(H,24,25,26). The molecule has 0 amide bonds. The maximum atomic E-state index is 5.75. The average molecular weight is 410 g/mol. The molecule has 2 unspecified atom stereocenters. The first-order valence-corrected chi connectivity index (χ1v) is 11.0. The molecule has 0 spiro atoms. The van der Waals surface area contributed by atoms with Gasteiger partial charge in [0.05, 0.1) is 18.8 Å². The lowest BCUT2D eigenvalue weighted by Gasteiger charge is -2.37. The lowest BCUT2D eigenvalue weighted by molar-refractivity contribution is -0.0322. The van der Waals surface area contributed by atoms with E-state index in [9.17, 15) is 0 Å². The number of nitrogens with zero attached hydrogens (tertiary/aromatic N) is 4. The Morgan fingerprint density at radius 2 is 2.14 bits per heavy atom. The monoisotopic (exact) mass is 409 g/mol. The van der Waals surface area contributed by atoms with E-state index >= 15 is 0 Å². The van der Waals surface area contributed by atoms with E-state index in [4.69, 9.17) is 14.7 Å². The van der Waals surface area contributed by atoms with Crippen molar-refractivity contribution in [2.45, 2.75) is 32.4 Å². The van der Waals surface area contributed by atoms with Crippen molar-refractivity contribution in [1.29, 1.82) is 0 Å². The van der Waals surface area contributed by atoms with Gasteiger partial charge in [-0.3, -0.25) is 9.88 Å². The Labute approximate surface area is 176 Å². The molecule has 3 aromatic rings. The summed E-state index contributed by atoms with van der Waals surface area (Å²) in [6.07, 6.45) is 4.67. The summed E-state index contributed by atoms with van der Waals surface area (Å²) in [5, 5.41) is 5.73. The Morgan fingerprint density at radius 3 is 2.86 bits per heavy atom. The van der Waals surface area contributed by atoms with E-state index in [1.54, 1.807) is 23.7 Å². The number of hydrogen-bond acceptors (Lipinski definition) is 7. The zero-order chi connectivity index (χ0) is 20.1. The van der Waals surface area contributed by atoms with Crippen molar-refractivity contribution in [3.05, 3.63) is 58.7 Å². The van der Waals surface area contributed by atoms with Crippen LogP contribution in [0.4, 0.5) is 5.82 Å². The van der Waals surface area contributed by atoms with E-state index in [1.165, 1.54) is 4.88 Å². The molecule has 4 rings (SSSR count). The molecule has 6 nitrogen and oxygen atoms in total. The summed E-state index contributed by atoms with van der Waals surface area (Å²) in [5.74, 6) is 1.61. The van der Waals surface area contributed by atoms with Gasteiger partial charge in [-0.05, 0) is 36.9 Å². The molecular formula is C22H27N5OS. The summed E-state index contributed by atoms with van der Waals surface area (Å²) >= 11 is 1.81. The van der Waals surface area contributed by atoms with Crippen molar-refractivity contribution in [2.24, 2.45) is 0 Å². The van der Waals surface area contributed by atoms with Gasteiger partial charge in [0.15, 0.2) is 5.82 Å². The Bertz CT molecular complexity index is 903. The van der Waals surface area contributed by atoms with Gasteiger partial charge in [0.2, 0.25) is 0 Å². The highest BCUT2D eigenvalue weighted by atomic mass is 32.1. The molecule has 0 saturated carbocycles. The molecule has 4 heterocycles. The van der Waals surface area contributed by atoms with Crippen LogP contribution >= 0.6 is 11.3 Å². The lowest BCUT2D eigenvalue weighted by Crippen LogP contribution is -2.44. The maximum absolute atomic E-state index is 5.75. The second kappa shape index (κ2) is 9.43. The first kappa shape index (κ1) is 19.9. The van der Waals surface area contributed by atoms with E-state index in [0.29, 0.717) is 6.04 Å². The van der Waals surface area contributed by atoms with Gasteiger partial charge in [-0.2, -0.15) is 0 Å². The number of pyridine rings is 1. The first-order valence-electron chi connectivity index (χ1n) is 10.1. The predicted octanol–water partition coefficient (Wildman–Crippen LogP) is 4.04. The molecule has 29 heavy (non-hydrogen) atoms. The fraction of sp³-hybridized carbons (Fsp3) is 0.409. The van der Waals surface area contributed by atoms with Crippen molar-refractivity contribution in [2.75, 3.05) is 31.6 Å². The Hall–Kier alpha value is -2.35. The van der Waals surface area contributed by atoms with Crippen LogP contribution in [0.5, 0.6) is 0 Å². The number of anilines is 1. The average Bonchev–Trinajstić information content (AvgIpc) is 3.29. The normalized spacial score (nSPS) is 18.5. The van der Waals surface area contributed by atoms with Crippen molar-refractivity contribution in [3.8, 4) is 11.4 Å². The molecule has 1 aliphatic rings. The molecular weight excluding hydrogens is 382 g/mol. The van der Waals surface area contributed by atoms with Crippen LogP contribution in [0.25, 0.3) is 11.4 Å². The maximum Gasteiger partial charge on any atom is 0.161 e. The van der Waals surface area contributed by atoms with Crippen molar-refractivity contribution in [3.63, 3.8) is 0 Å². The van der Waals surface area contributed by atoms with E-state index in [0.717, 1.165) is 55.6 Å². The van der Waals surface area contributed by atoms with Crippen LogP contribution in [-0.2, 0) is 11.2 Å². The van der Waals surface area contributed by atoms with Crippen LogP contribution in [0, 0.1) is 0 Å². The predicted molar refractivity (Wildman–Crippen MR) is 117 cm³/mol. The molecule has 152 valence electrons. The van der Waals surface area contributed by atoms with E-state index in [2.05, 4.69) is 52.6 Å². The molecule has 1 aliphatic heterocycles. The Morgan fingerprint density at radius 1 is 1.28 bits per heavy atom. The van der Waals surface area contributed by atoms with E-state index in [-0.39, 0.29) is 6.10 Å². The minimum Gasteiger partial charge on any atom is -0.376 e. The highest BCUT2D eigenvalue weighted by Gasteiger charge is 2.26. The fourth-order valence-corrected chi connectivity index (χ4v) is 4.48. The Kier molecular flexibility index (Phi) is 6.49. The van der Waals surface area contributed by atoms with Gasteiger partial charge < -0.3 is 10.1 Å². The number of morpholine rings is 1. The number of nitrogens with one attached hydrogen (secondary N) is 1. The summed E-state index contributed by atoms with van der Waals surface area (Å²) in [5.41, 5.74) is 2.01. The van der Waals surface area contributed by atoms with E-state index < -0.39 is 0 Å². The third-order valence-electron chi connectivity index (χ3n) is 5.14. The SMILES string of the molecule is CCc1cc(NCC(c2cccs2)N2CCOC(C)C2)nc(-c2ccncc2)n1. The quantitative estimate of drug-likeness (QED) is 0.635. The number of aromatic nitrogens is 3. The van der Waals surface area contributed by atoms with Crippen LogP contribution in [-0.4, -0.2) is 52.2 Å². The second-order valence-electron chi connectivity index (χ2n) is 7.25. The number of ether oxygens (including phenoxy) is 1. The zero-order valence-electron chi connectivity index (χ0n) is 16.9. The second-order valence-corrected chi connectivity index (χ2v) is 8.23. The van der Waals surface area contributed by atoms with Crippen molar-refractivity contribution in [1.82, 2.24) is 19.9 Å². The molecule has 3 aromatic heterocycles. The van der Waals surface area contributed by atoms with Gasteiger partial charge in [0.1, 0.15) is 5.82 Å². The van der Waals surface area contributed by atoms with Crippen LogP contribution in [0.2, 0.25) is 0 Å². The van der Waals surface area contributed by atoms with Gasteiger partial charge in [-0.25, -0.2) is 9.97 Å². The minimum atomic E-state index is 0.259. The first-order chi connectivity index (χ1) is 14.2. The number of rotatable bonds is 7. The Balaban J connectivity index is 1.55. The fourth-order valence-electron chi connectivity index (χ4n) is 3.62. The van der Waals surface area contributed by atoms with Crippen LogP contribution in [0.1, 0.15) is 30.5 Å². The minimum absolute atomic E-state index is 0.259. The van der Waals surface area contributed by atoms with Crippen molar-refractivity contribution >= 4 is 17.2 Å². The summed E-state index contributed by atoms with van der Waals surface area (Å²) in [6, 6.07) is 10.6. The summed E-state index contributed by atoms with van der Waals surface area (Å²) in [7, 11) is 0. The number of aryl methyl sites for hydroxylation is 1. The number of hydrogen-bond donors (Lipinski definition) is 1. The largest absolute Gasteiger partial charge is 0.376 e. The molecule has 0 radical (unpaired) electrons. The summed E-state index contributed by atoms with van der Waals surface area (Å²) in [4.78, 5) is 17.4. The topological polar surface area (TPSA) is 63.2 Å². The van der Waals surface area contributed by atoms with Gasteiger partial charge in [-0.15, -0.1) is 11.3 Å². The van der Waals surface area contributed by atoms with Gasteiger partial charge in [0.25, 0.3) is 0 Å². The van der Waals surface area contributed by atoms with Crippen LogP contribution in [0.15, 0.2) is 48.1 Å². The van der Waals surface area contributed by atoms with Crippen LogP contribution in [0.3, 0.4) is 0 Å². The molecule has 2 atom stereocenters. The third kappa shape index (κ3) is 4.98. The summed E-state index contributed by atoms with van der Waals surface area (Å²) < 4.78 is 5.75.